The Kier molecular flexibility index (Phi) is 6.10. The molecule has 104 valence electrons. The van der Waals surface area contributed by atoms with Crippen LogP contribution in [0.2, 0.25) is 0 Å². The van der Waals surface area contributed by atoms with E-state index in [2.05, 4.69) is 40.3 Å². The van der Waals surface area contributed by atoms with E-state index >= 15 is 0 Å². The van der Waals surface area contributed by atoms with Crippen LogP contribution in [0.4, 0.5) is 0 Å². The number of ether oxygens (including phenoxy) is 2. The van der Waals surface area contributed by atoms with Crippen molar-refractivity contribution < 1.29 is 9.47 Å². The van der Waals surface area contributed by atoms with E-state index in [1.807, 2.05) is 6.08 Å². The maximum absolute atomic E-state index is 5.90. The molecule has 0 radical (unpaired) electrons. The van der Waals surface area contributed by atoms with E-state index in [9.17, 15) is 0 Å². The highest BCUT2D eigenvalue weighted by Gasteiger charge is 2.32. The smallest absolute Gasteiger partial charge is 0.160 e. The minimum absolute atomic E-state index is 0.0476. The molecule has 0 amide bonds. The highest BCUT2D eigenvalue weighted by Crippen LogP contribution is 2.29. The van der Waals surface area contributed by atoms with Gasteiger partial charge in [-0.05, 0) is 33.1 Å². The van der Waals surface area contributed by atoms with Crippen molar-refractivity contribution in [2.45, 2.75) is 53.2 Å². The Balaban J connectivity index is 2.54. The molecular weight excluding hydrogens is 224 g/mol. The molecule has 1 aliphatic heterocycles. The summed E-state index contributed by atoms with van der Waals surface area (Å²) in [5, 5.41) is 0. The lowest BCUT2D eigenvalue weighted by Gasteiger charge is -2.38. The van der Waals surface area contributed by atoms with Crippen molar-refractivity contribution >= 4 is 0 Å². The Morgan fingerprint density at radius 1 is 1.33 bits per heavy atom. The third-order valence-electron chi connectivity index (χ3n) is 3.23. The lowest BCUT2D eigenvalue weighted by atomic mass is 9.93. The molecule has 1 atom stereocenters. The standard InChI is InChI=1S/C16H28O2/c1-6-7-8-14(10-9-13(2)3)15-17-11-16(4,5)12-18-15/h6,9,14-15H,1,7-8,10-12H2,2-5H3. The highest BCUT2D eigenvalue weighted by atomic mass is 16.7. The number of hydrogen-bond donors (Lipinski definition) is 0. The molecule has 0 saturated carbocycles. The minimum Gasteiger partial charge on any atom is -0.352 e. The predicted octanol–water partition coefficient (Wildman–Crippen LogP) is 4.32. The molecular formula is C16H28O2. The second-order valence-corrected chi connectivity index (χ2v) is 6.30. The van der Waals surface area contributed by atoms with Crippen LogP contribution in [0.25, 0.3) is 0 Å². The lowest BCUT2D eigenvalue weighted by molar-refractivity contribution is -0.243. The van der Waals surface area contributed by atoms with Crippen LogP contribution in [0.3, 0.4) is 0 Å². The Morgan fingerprint density at radius 2 is 1.94 bits per heavy atom. The number of rotatable bonds is 6. The second-order valence-electron chi connectivity index (χ2n) is 6.30. The fourth-order valence-electron chi connectivity index (χ4n) is 2.06. The van der Waals surface area contributed by atoms with Crippen LogP contribution in [0.15, 0.2) is 24.3 Å². The maximum atomic E-state index is 5.90. The summed E-state index contributed by atoms with van der Waals surface area (Å²) in [7, 11) is 0. The zero-order valence-corrected chi connectivity index (χ0v) is 12.4. The Morgan fingerprint density at radius 3 is 2.44 bits per heavy atom. The largest absolute Gasteiger partial charge is 0.352 e. The van der Waals surface area contributed by atoms with Crippen LogP contribution in [0.1, 0.15) is 47.0 Å². The van der Waals surface area contributed by atoms with Gasteiger partial charge in [0, 0.05) is 11.3 Å². The van der Waals surface area contributed by atoms with E-state index in [-0.39, 0.29) is 11.7 Å². The fourth-order valence-corrected chi connectivity index (χ4v) is 2.06. The van der Waals surface area contributed by atoms with E-state index in [1.54, 1.807) is 0 Å². The van der Waals surface area contributed by atoms with Gasteiger partial charge in [0.1, 0.15) is 0 Å². The Hall–Kier alpha value is -0.600. The second kappa shape index (κ2) is 7.10. The van der Waals surface area contributed by atoms with Crippen LogP contribution in [-0.2, 0) is 9.47 Å². The first-order valence-electron chi connectivity index (χ1n) is 6.92. The Labute approximate surface area is 112 Å². The van der Waals surface area contributed by atoms with Crippen LogP contribution >= 0.6 is 0 Å². The molecule has 0 aromatic heterocycles. The van der Waals surface area contributed by atoms with Crippen LogP contribution in [0.5, 0.6) is 0 Å². The molecule has 0 bridgehead atoms. The van der Waals surface area contributed by atoms with E-state index in [0.717, 1.165) is 32.5 Å². The summed E-state index contributed by atoms with van der Waals surface area (Å²) >= 11 is 0. The first kappa shape index (κ1) is 15.5. The van der Waals surface area contributed by atoms with Crippen LogP contribution < -0.4 is 0 Å². The summed E-state index contributed by atoms with van der Waals surface area (Å²) < 4.78 is 11.8. The van der Waals surface area contributed by atoms with Gasteiger partial charge in [0.05, 0.1) is 13.2 Å². The van der Waals surface area contributed by atoms with Gasteiger partial charge in [0.15, 0.2) is 6.29 Å². The zero-order chi connectivity index (χ0) is 13.6. The monoisotopic (exact) mass is 252 g/mol. The topological polar surface area (TPSA) is 18.5 Å². The van der Waals surface area contributed by atoms with Gasteiger partial charge in [-0.25, -0.2) is 0 Å². The molecule has 0 N–H and O–H groups in total. The SMILES string of the molecule is C=CCCC(CC=C(C)C)C1OCC(C)(C)CO1. The fraction of sp³-hybridized carbons (Fsp3) is 0.750. The van der Waals surface area contributed by atoms with Crippen LogP contribution in [0, 0.1) is 11.3 Å². The van der Waals surface area contributed by atoms with E-state index < -0.39 is 0 Å². The van der Waals surface area contributed by atoms with Gasteiger partial charge in [-0.1, -0.05) is 31.6 Å². The molecule has 0 aromatic carbocycles. The van der Waals surface area contributed by atoms with Crippen molar-refractivity contribution in [3.63, 3.8) is 0 Å². The third kappa shape index (κ3) is 5.36. The van der Waals surface area contributed by atoms with Crippen molar-refractivity contribution in [1.82, 2.24) is 0 Å². The molecule has 18 heavy (non-hydrogen) atoms. The van der Waals surface area contributed by atoms with Crippen molar-refractivity contribution in [1.29, 1.82) is 0 Å². The predicted molar refractivity (Wildman–Crippen MR) is 76.4 cm³/mol. The summed E-state index contributed by atoms with van der Waals surface area (Å²) in [6, 6.07) is 0. The number of hydrogen-bond acceptors (Lipinski definition) is 2. The normalized spacial score (nSPS) is 21.3. The van der Waals surface area contributed by atoms with Crippen LogP contribution in [-0.4, -0.2) is 19.5 Å². The first-order valence-corrected chi connectivity index (χ1v) is 6.92. The minimum atomic E-state index is -0.0476. The summed E-state index contributed by atoms with van der Waals surface area (Å²) in [6.45, 7) is 14.0. The molecule has 0 aliphatic carbocycles. The highest BCUT2D eigenvalue weighted by molar-refractivity contribution is 4.95. The summed E-state index contributed by atoms with van der Waals surface area (Å²) in [5.74, 6) is 0.439. The van der Waals surface area contributed by atoms with Crippen molar-refractivity contribution in [3.8, 4) is 0 Å². The summed E-state index contributed by atoms with van der Waals surface area (Å²) in [4.78, 5) is 0. The van der Waals surface area contributed by atoms with Gasteiger partial charge in [-0.2, -0.15) is 0 Å². The van der Waals surface area contributed by atoms with E-state index in [4.69, 9.17) is 9.47 Å². The number of allylic oxidation sites excluding steroid dienone is 3. The molecule has 1 fully saturated rings. The first-order chi connectivity index (χ1) is 8.44. The average molecular weight is 252 g/mol. The third-order valence-corrected chi connectivity index (χ3v) is 3.23. The van der Waals surface area contributed by atoms with Gasteiger partial charge in [0.2, 0.25) is 0 Å². The summed E-state index contributed by atoms with van der Waals surface area (Å²) in [6.07, 6.45) is 7.34. The molecule has 1 heterocycles. The van der Waals surface area contributed by atoms with Crippen molar-refractivity contribution in [3.05, 3.63) is 24.3 Å². The van der Waals surface area contributed by atoms with Gasteiger partial charge in [0.25, 0.3) is 0 Å². The van der Waals surface area contributed by atoms with Crippen molar-refractivity contribution in [2.75, 3.05) is 13.2 Å². The molecule has 0 aromatic rings. The Bertz CT molecular complexity index is 277. The van der Waals surface area contributed by atoms with Gasteiger partial charge in [-0.15, -0.1) is 6.58 Å². The molecule has 0 spiro atoms. The molecule has 1 unspecified atom stereocenters. The lowest BCUT2D eigenvalue weighted by Crippen LogP contribution is -2.41. The molecule has 1 rings (SSSR count). The molecule has 1 saturated heterocycles. The molecule has 2 nitrogen and oxygen atoms in total. The summed E-state index contributed by atoms with van der Waals surface area (Å²) in [5.41, 5.74) is 1.51. The van der Waals surface area contributed by atoms with Gasteiger partial charge >= 0.3 is 0 Å². The maximum Gasteiger partial charge on any atom is 0.160 e. The molecule has 2 heteroatoms. The molecule has 1 aliphatic rings. The van der Waals surface area contributed by atoms with E-state index in [0.29, 0.717) is 5.92 Å². The van der Waals surface area contributed by atoms with Gasteiger partial charge < -0.3 is 9.47 Å². The van der Waals surface area contributed by atoms with Crippen molar-refractivity contribution in [2.24, 2.45) is 11.3 Å². The quantitative estimate of drug-likeness (QED) is 0.655. The van der Waals surface area contributed by atoms with E-state index in [1.165, 1.54) is 5.57 Å². The van der Waals surface area contributed by atoms with Gasteiger partial charge in [-0.3, -0.25) is 0 Å². The average Bonchev–Trinajstić information content (AvgIpc) is 2.30. The zero-order valence-electron chi connectivity index (χ0n) is 12.4.